The van der Waals surface area contributed by atoms with Gasteiger partial charge in [0.2, 0.25) is 5.95 Å². The van der Waals surface area contributed by atoms with E-state index >= 15 is 0 Å². The Kier molecular flexibility index (Phi) is 3.51. The minimum Gasteiger partial charge on any atom is -0.368 e. The third kappa shape index (κ3) is 2.87. The average Bonchev–Trinajstić information content (AvgIpc) is 2.28. The fourth-order valence-corrected chi connectivity index (χ4v) is 1.82. The maximum Gasteiger partial charge on any atom is 0.417 e. The van der Waals surface area contributed by atoms with Crippen molar-refractivity contribution < 1.29 is 13.2 Å². The largest absolute Gasteiger partial charge is 0.417 e. The lowest BCUT2D eigenvalue weighted by atomic mass is 10.2. The molecule has 4 nitrogen and oxygen atoms in total. The van der Waals surface area contributed by atoms with Crippen molar-refractivity contribution in [1.82, 2.24) is 15.0 Å². The Morgan fingerprint density at radius 1 is 1.11 bits per heavy atom. The second-order valence-corrected chi connectivity index (χ2v) is 4.25. The van der Waals surface area contributed by atoms with Crippen LogP contribution in [0.5, 0.6) is 0 Å². The second kappa shape index (κ2) is 4.82. The normalized spacial score (nSPS) is 11.6. The van der Waals surface area contributed by atoms with Gasteiger partial charge in [0.05, 0.1) is 21.8 Å². The molecule has 2 aromatic rings. The highest BCUT2D eigenvalue weighted by molar-refractivity contribution is 6.35. The predicted octanol–water partition coefficient (Wildman–Crippen LogP) is 3.45. The van der Waals surface area contributed by atoms with Gasteiger partial charge in [-0.1, -0.05) is 23.2 Å². The number of hydrogen-bond donors (Lipinski definition) is 1. The number of anilines is 1. The highest BCUT2D eigenvalue weighted by atomic mass is 35.5. The molecule has 0 saturated heterocycles. The van der Waals surface area contributed by atoms with E-state index in [0.29, 0.717) is 6.20 Å². The Labute approximate surface area is 115 Å². The van der Waals surface area contributed by atoms with Crippen LogP contribution in [-0.4, -0.2) is 15.0 Å². The van der Waals surface area contributed by atoms with Crippen LogP contribution in [-0.2, 0) is 6.18 Å². The summed E-state index contributed by atoms with van der Waals surface area (Å²) in [5, 5.41) is -0.244. The van der Waals surface area contributed by atoms with Crippen molar-refractivity contribution in [1.29, 1.82) is 0 Å². The molecule has 0 unspecified atom stereocenters. The van der Waals surface area contributed by atoms with Crippen LogP contribution >= 0.6 is 23.2 Å². The van der Waals surface area contributed by atoms with Crippen LogP contribution in [0.1, 0.15) is 5.56 Å². The van der Waals surface area contributed by atoms with Crippen molar-refractivity contribution in [3.05, 3.63) is 34.2 Å². The van der Waals surface area contributed by atoms with Crippen LogP contribution in [0.2, 0.25) is 10.2 Å². The number of alkyl halides is 3. The predicted molar refractivity (Wildman–Crippen MR) is 64.7 cm³/mol. The molecular weight excluding hydrogens is 304 g/mol. The maximum atomic E-state index is 12.5. The lowest BCUT2D eigenvalue weighted by molar-refractivity contribution is -0.137. The number of rotatable bonds is 1. The Hall–Kier alpha value is -1.60. The number of nitrogens with two attached hydrogens (primary N) is 1. The standard InChI is InChI=1S/C10H5Cl2F3N4/c11-6-1-4(10(13,14)15)2-17-7(6)5-3-18-9(16)19-8(5)12/h1-3H,(H2,16,18,19). The summed E-state index contributed by atoms with van der Waals surface area (Å²) in [6, 6.07) is 0.760. The van der Waals surface area contributed by atoms with Crippen LogP contribution < -0.4 is 5.73 Å². The fourth-order valence-electron chi connectivity index (χ4n) is 1.32. The highest BCUT2D eigenvalue weighted by Gasteiger charge is 2.31. The molecule has 2 heterocycles. The molecule has 9 heteroatoms. The van der Waals surface area contributed by atoms with Gasteiger partial charge in [-0.3, -0.25) is 4.98 Å². The van der Waals surface area contributed by atoms with Crippen LogP contribution in [0.4, 0.5) is 19.1 Å². The summed E-state index contributed by atoms with van der Waals surface area (Å²) < 4.78 is 37.4. The summed E-state index contributed by atoms with van der Waals surface area (Å²) in [6.45, 7) is 0. The quantitative estimate of drug-likeness (QED) is 0.820. The van der Waals surface area contributed by atoms with E-state index in [1.54, 1.807) is 0 Å². The van der Waals surface area contributed by atoms with Crippen molar-refractivity contribution >= 4 is 29.2 Å². The number of nitrogen functional groups attached to an aromatic ring is 1. The smallest absolute Gasteiger partial charge is 0.368 e. The minimum absolute atomic E-state index is 0.0401. The summed E-state index contributed by atoms with van der Waals surface area (Å²) in [6.07, 6.45) is -2.61. The van der Waals surface area contributed by atoms with Gasteiger partial charge in [0.15, 0.2) is 0 Å². The molecule has 0 aliphatic carbocycles. The Morgan fingerprint density at radius 3 is 2.32 bits per heavy atom. The molecular formula is C10H5Cl2F3N4. The number of aromatic nitrogens is 3. The molecule has 19 heavy (non-hydrogen) atoms. The topological polar surface area (TPSA) is 64.7 Å². The van der Waals surface area contributed by atoms with Gasteiger partial charge in [0, 0.05) is 12.4 Å². The summed E-state index contributed by atoms with van der Waals surface area (Å²) in [4.78, 5) is 11.0. The number of halogens is 5. The van der Waals surface area contributed by atoms with E-state index in [0.717, 1.165) is 6.07 Å². The zero-order valence-electron chi connectivity index (χ0n) is 9.04. The van der Waals surface area contributed by atoms with E-state index in [9.17, 15) is 13.2 Å². The third-order valence-electron chi connectivity index (χ3n) is 2.18. The van der Waals surface area contributed by atoms with Crippen molar-refractivity contribution in [3.63, 3.8) is 0 Å². The SMILES string of the molecule is Nc1ncc(-c2ncc(C(F)(F)F)cc2Cl)c(Cl)n1. The lowest BCUT2D eigenvalue weighted by Gasteiger charge is -2.09. The molecule has 0 aliphatic rings. The molecule has 0 saturated carbocycles. The second-order valence-electron chi connectivity index (χ2n) is 3.48. The van der Waals surface area contributed by atoms with Crippen LogP contribution in [0.15, 0.2) is 18.5 Å². The Morgan fingerprint density at radius 2 is 1.79 bits per heavy atom. The number of hydrogen-bond acceptors (Lipinski definition) is 4. The van der Waals surface area contributed by atoms with E-state index in [4.69, 9.17) is 28.9 Å². The van der Waals surface area contributed by atoms with Crippen molar-refractivity contribution in [2.24, 2.45) is 0 Å². The molecule has 0 bridgehead atoms. The van der Waals surface area contributed by atoms with Gasteiger partial charge in [-0.2, -0.15) is 13.2 Å². The molecule has 0 amide bonds. The summed E-state index contributed by atoms with van der Waals surface area (Å²) in [5.74, 6) is -0.0585. The number of pyridine rings is 1. The monoisotopic (exact) mass is 308 g/mol. The molecule has 0 aliphatic heterocycles. The van der Waals surface area contributed by atoms with E-state index < -0.39 is 11.7 Å². The van der Waals surface area contributed by atoms with Gasteiger partial charge >= 0.3 is 6.18 Å². The lowest BCUT2D eigenvalue weighted by Crippen LogP contribution is -2.06. The van der Waals surface area contributed by atoms with Gasteiger partial charge in [-0.25, -0.2) is 9.97 Å². The third-order valence-corrected chi connectivity index (χ3v) is 2.76. The van der Waals surface area contributed by atoms with Gasteiger partial charge in [-0.15, -0.1) is 0 Å². The van der Waals surface area contributed by atoms with E-state index in [2.05, 4.69) is 15.0 Å². The van der Waals surface area contributed by atoms with Gasteiger partial charge in [-0.05, 0) is 6.07 Å². The van der Waals surface area contributed by atoms with Gasteiger partial charge in [0.1, 0.15) is 5.15 Å². The average molecular weight is 309 g/mol. The first-order chi connectivity index (χ1) is 8.79. The van der Waals surface area contributed by atoms with Crippen LogP contribution in [0, 0.1) is 0 Å². The molecule has 0 atom stereocenters. The summed E-state index contributed by atoms with van der Waals surface area (Å²) in [7, 11) is 0. The minimum atomic E-state index is -4.52. The molecule has 0 aromatic carbocycles. The molecule has 2 aromatic heterocycles. The van der Waals surface area contributed by atoms with Gasteiger partial charge < -0.3 is 5.73 Å². The van der Waals surface area contributed by atoms with E-state index in [1.807, 2.05) is 0 Å². The molecule has 0 radical (unpaired) electrons. The molecule has 2 rings (SSSR count). The first-order valence-corrected chi connectivity index (χ1v) is 5.56. The fraction of sp³-hybridized carbons (Fsp3) is 0.100. The van der Waals surface area contributed by atoms with Gasteiger partial charge in [0.25, 0.3) is 0 Å². The Bertz CT molecular complexity index is 631. The molecule has 0 fully saturated rings. The molecule has 2 N–H and O–H groups in total. The van der Waals surface area contributed by atoms with Crippen LogP contribution in [0.25, 0.3) is 11.3 Å². The maximum absolute atomic E-state index is 12.5. The van der Waals surface area contributed by atoms with Crippen LogP contribution in [0.3, 0.4) is 0 Å². The van der Waals surface area contributed by atoms with E-state index in [1.165, 1.54) is 6.20 Å². The summed E-state index contributed by atoms with van der Waals surface area (Å²) in [5.41, 5.74) is 4.62. The Balaban J connectivity index is 2.52. The van der Waals surface area contributed by atoms with Crippen molar-refractivity contribution in [2.75, 3.05) is 5.73 Å². The first-order valence-electron chi connectivity index (χ1n) is 4.80. The van der Waals surface area contributed by atoms with Crippen molar-refractivity contribution in [2.45, 2.75) is 6.18 Å². The first kappa shape index (κ1) is 13.8. The zero-order valence-corrected chi connectivity index (χ0v) is 10.6. The summed E-state index contributed by atoms with van der Waals surface area (Å²) >= 11 is 11.6. The molecule has 0 spiro atoms. The molecule has 100 valence electrons. The van der Waals surface area contributed by atoms with Crippen molar-refractivity contribution in [3.8, 4) is 11.3 Å². The number of nitrogens with zero attached hydrogens (tertiary/aromatic N) is 3. The highest BCUT2D eigenvalue weighted by Crippen LogP contribution is 2.35. The zero-order chi connectivity index (χ0) is 14.2. The van der Waals surface area contributed by atoms with E-state index in [-0.39, 0.29) is 27.4 Å².